The van der Waals surface area contributed by atoms with Crippen molar-refractivity contribution in [1.82, 2.24) is 5.32 Å². The third-order valence-corrected chi connectivity index (χ3v) is 1.34. The van der Waals surface area contributed by atoms with Gasteiger partial charge in [0.05, 0.1) is 13.7 Å². The monoisotopic (exact) mass is 165 g/mol. The molecule has 0 aromatic heterocycles. The Morgan fingerprint density at radius 2 is 2.30 bits per heavy atom. The van der Waals surface area contributed by atoms with E-state index in [9.17, 15) is 4.79 Å². The molecule has 0 heterocycles. The normalized spacial score (nSPS) is 15.7. The van der Waals surface area contributed by atoms with E-state index in [4.69, 9.17) is 0 Å². The van der Waals surface area contributed by atoms with Gasteiger partial charge in [-0.05, 0) is 12.8 Å². The highest BCUT2D eigenvalue weighted by Crippen LogP contribution is 2.17. The first-order chi connectivity index (χ1) is 4.33. The van der Waals surface area contributed by atoms with Crippen molar-refractivity contribution in [2.75, 3.05) is 13.7 Å². The molecule has 0 unspecified atom stereocenters. The predicted molar refractivity (Wildman–Crippen MR) is 40.3 cm³/mol. The summed E-state index contributed by atoms with van der Waals surface area (Å²) in [6.45, 7) is 0.362. The zero-order chi connectivity index (χ0) is 6.69. The summed E-state index contributed by atoms with van der Waals surface area (Å²) in [5.41, 5.74) is 0. The van der Waals surface area contributed by atoms with Crippen LogP contribution in [0.25, 0.3) is 0 Å². The lowest BCUT2D eigenvalue weighted by Crippen LogP contribution is -2.25. The van der Waals surface area contributed by atoms with E-state index in [1.165, 1.54) is 20.0 Å². The van der Waals surface area contributed by atoms with Crippen molar-refractivity contribution in [3.63, 3.8) is 0 Å². The standard InChI is InChI=1S/C6H11NO2.ClH/c1-9-6(8)4-7-5-2-3-5;/h5,7H,2-4H2,1H3;1H. The first kappa shape index (κ1) is 9.72. The van der Waals surface area contributed by atoms with Crippen LogP contribution in [0.4, 0.5) is 0 Å². The van der Waals surface area contributed by atoms with Gasteiger partial charge in [0.25, 0.3) is 0 Å². The summed E-state index contributed by atoms with van der Waals surface area (Å²) >= 11 is 0. The van der Waals surface area contributed by atoms with E-state index in [2.05, 4.69) is 10.1 Å². The smallest absolute Gasteiger partial charge is 0.319 e. The maximum Gasteiger partial charge on any atom is 0.319 e. The Labute approximate surface area is 66.5 Å². The van der Waals surface area contributed by atoms with Gasteiger partial charge in [-0.1, -0.05) is 0 Å². The van der Waals surface area contributed by atoms with Gasteiger partial charge in [-0.25, -0.2) is 0 Å². The Balaban J connectivity index is 0.000000810. The van der Waals surface area contributed by atoms with Crippen LogP contribution in [-0.4, -0.2) is 25.7 Å². The lowest BCUT2D eigenvalue weighted by Gasteiger charge is -1.98. The Bertz CT molecular complexity index is 114. The summed E-state index contributed by atoms with van der Waals surface area (Å²) in [4.78, 5) is 10.5. The number of ether oxygens (including phenoxy) is 1. The van der Waals surface area contributed by atoms with Crippen LogP contribution in [0.15, 0.2) is 0 Å². The molecular weight excluding hydrogens is 154 g/mol. The fourth-order valence-electron chi connectivity index (χ4n) is 0.587. The zero-order valence-corrected chi connectivity index (χ0v) is 6.74. The summed E-state index contributed by atoms with van der Waals surface area (Å²) < 4.78 is 4.43. The highest BCUT2D eigenvalue weighted by Gasteiger charge is 2.20. The van der Waals surface area contributed by atoms with Crippen LogP contribution in [-0.2, 0) is 9.53 Å². The van der Waals surface area contributed by atoms with E-state index in [0.29, 0.717) is 12.6 Å². The minimum atomic E-state index is -0.179. The number of methoxy groups -OCH3 is 1. The van der Waals surface area contributed by atoms with Crippen molar-refractivity contribution in [2.45, 2.75) is 18.9 Å². The van der Waals surface area contributed by atoms with Gasteiger partial charge in [0.1, 0.15) is 0 Å². The van der Waals surface area contributed by atoms with Crippen molar-refractivity contribution in [3.8, 4) is 0 Å². The van der Waals surface area contributed by atoms with Crippen molar-refractivity contribution in [1.29, 1.82) is 0 Å². The summed E-state index contributed by atoms with van der Waals surface area (Å²) in [5.74, 6) is -0.179. The molecule has 1 fully saturated rings. The van der Waals surface area contributed by atoms with Crippen molar-refractivity contribution in [3.05, 3.63) is 0 Å². The molecule has 3 nitrogen and oxygen atoms in total. The van der Waals surface area contributed by atoms with Crippen molar-refractivity contribution in [2.24, 2.45) is 0 Å². The largest absolute Gasteiger partial charge is 0.468 e. The number of rotatable bonds is 3. The number of hydrogen-bond acceptors (Lipinski definition) is 3. The quantitative estimate of drug-likeness (QED) is 0.613. The Morgan fingerprint density at radius 3 is 2.70 bits per heavy atom. The third kappa shape index (κ3) is 3.69. The molecule has 1 aliphatic rings. The van der Waals surface area contributed by atoms with Crippen LogP contribution in [0.5, 0.6) is 0 Å². The average molecular weight is 166 g/mol. The van der Waals surface area contributed by atoms with Crippen molar-refractivity contribution >= 4 is 18.4 Å². The van der Waals surface area contributed by atoms with Crippen LogP contribution in [0, 0.1) is 0 Å². The van der Waals surface area contributed by atoms with Gasteiger partial charge >= 0.3 is 5.97 Å². The minimum absolute atomic E-state index is 0. The van der Waals surface area contributed by atoms with Gasteiger partial charge in [0, 0.05) is 6.04 Å². The first-order valence-corrected chi connectivity index (χ1v) is 3.13. The third-order valence-electron chi connectivity index (χ3n) is 1.34. The Kier molecular flexibility index (Phi) is 4.40. The zero-order valence-electron chi connectivity index (χ0n) is 5.92. The van der Waals surface area contributed by atoms with Crippen LogP contribution in [0.3, 0.4) is 0 Å². The highest BCUT2D eigenvalue weighted by atomic mass is 35.5. The maximum absolute atomic E-state index is 10.5. The van der Waals surface area contributed by atoms with Crippen LogP contribution in [0.2, 0.25) is 0 Å². The van der Waals surface area contributed by atoms with Crippen molar-refractivity contribution < 1.29 is 9.53 Å². The molecule has 60 valence electrons. The summed E-state index contributed by atoms with van der Waals surface area (Å²) in [6, 6.07) is 0.587. The molecule has 0 saturated heterocycles. The SMILES string of the molecule is COC(=O)CNC1CC1.Cl. The Hall–Kier alpha value is -0.280. The van der Waals surface area contributed by atoms with E-state index in [1.54, 1.807) is 0 Å². The highest BCUT2D eigenvalue weighted by molar-refractivity contribution is 5.85. The van der Waals surface area contributed by atoms with Crippen LogP contribution < -0.4 is 5.32 Å². The fourth-order valence-corrected chi connectivity index (χ4v) is 0.587. The number of nitrogens with one attached hydrogen (secondary N) is 1. The molecule has 4 heteroatoms. The first-order valence-electron chi connectivity index (χ1n) is 3.13. The molecule has 0 bridgehead atoms. The molecule has 1 saturated carbocycles. The number of hydrogen-bond donors (Lipinski definition) is 1. The molecule has 1 rings (SSSR count). The van der Waals surface area contributed by atoms with Gasteiger partial charge < -0.3 is 10.1 Å². The maximum atomic E-state index is 10.5. The van der Waals surface area contributed by atoms with E-state index in [1.807, 2.05) is 0 Å². The molecule has 1 N–H and O–H groups in total. The van der Waals surface area contributed by atoms with Gasteiger partial charge in [0.15, 0.2) is 0 Å². The second-order valence-corrected chi connectivity index (χ2v) is 2.23. The summed E-state index contributed by atoms with van der Waals surface area (Å²) in [6.07, 6.45) is 2.41. The molecule has 0 radical (unpaired) electrons. The number of carbonyl (C=O) groups is 1. The van der Waals surface area contributed by atoms with Crippen LogP contribution >= 0.6 is 12.4 Å². The molecule has 10 heavy (non-hydrogen) atoms. The van der Waals surface area contributed by atoms with Gasteiger partial charge in [-0.3, -0.25) is 4.79 Å². The fraction of sp³-hybridized carbons (Fsp3) is 0.833. The molecule has 0 atom stereocenters. The lowest BCUT2D eigenvalue weighted by atomic mass is 10.6. The van der Waals surface area contributed by atoms with Gasteiger partial charge in [-0.15, -0.1) is 12.4 Å². The molecule has 0 aliphatic heterocycles. The molecule has 0 aromatic carbocycles. The number of halogens is 1. The molecule has 0 aromatic rings. The minimum Gasteiger partial charge on any atom is -0.468 e. The Morgan fingerprint density at radius 1 is 1.70 bits per heavy atom. The number of carbonyl (C=O) groups excluding carboxylic acids is 1. The van der Waals surface area contributed by atoms with E-state index in [-0.39, 0.29) is 18.4 Å². The van der Waals surface area contributed by atoms with E-state index in [0.717, 1.165) is 0 Å². The van der Waals surface area contributed by atoms with Gasteiger partial charge in [-0.2, -0.15) is 0 Å². The lowest BCUT2D eigenvalue weighted by molar-refractivity contribution is -0.139. The van der Waals surface area contributed by atoms with E-state index < -0.39 is 0 Å². The van der Waals surface area contributed by atoms with E-state index >= 15 is 0 Å². The summed E-state index contributed by atoms with van der Waals surface area (Å²) in [7, 11) is 1.40. The average Bonchev–Trinajstić information content (AvgIpc) is 2.65. The molecular formula is C6H12ClNO2. The summed E-state index contributed by atoms with van der Waals surface area (Å²) in [5, 5.41) is 3.03. The topological polar surface area (TPSA) is 38.3 Å². The van der Waals surface area contributed by atoms with Crippen LogP contribution in [0.1, 0.15) is 12.8 Å². The molecule has 0 amide bonds. The number of esters is 1. The second-order valence-electron chi connectivity index (χ2n) is 2.23. The van der Waals surface area contributed by atoms with Gasteiger partial charge in [0.2, 0.25) is 0 Å². The predicted octanol–water partition coefficient (Wildman–Crippen LogP) is 0.333. The molecule has 0 spiro atoms. The second kappa shape index (κ2) is 4.52. The molecule has 1 aliphatic carbocycles.